The van der Waals surface area contributed by atoms with E-state index in [1.165, 1.54) is 6.92 Å². The lowest BCUT2D eigenvalue weighted by Crippen LogP contribution is -2.43. The van der Waals surface area contributed by atoms with Gasteiger partial charge in [-0.05, 0) is 31.2 Å². The molecule has 3 aromatic rings. The maximum Gasteiger partial charge on any atom is 0.262 e. The molecule has 0 aliphatic carbocycles. The molecule has 0 amide bonds. The highest BCUT2D eigenvalue weighted by Crippen LogP contribution is 2.33. The van der Waals surface area contributed by atoms with Crippen molar-refractivity contribution in [2.24, 2.45) is 0 Å². The zero-order valence-electron chi connectivity index (χ0n) is 16.6. The average molecular weight is 446 g/mol. The van der Waals surface area contributed by atoms with Crippen LogP contribution in [0, 0.1) is 0 Å². The van der Waals surface area contributed by atoms with Crippen molar-refractivity contribution >= 4 is 50.4 Å². The summed E-state index contributed by atoms with van der Waals surface area (Å²) in [5, 5.41) is 4.93. The van der Waals surface area contributed by atoms with Crippen molar-refractivity contribution in [2.75, 3.05) is 35.8 Å². The van der Waals surface area contributed by atoms with Crippen LogP contribution >= 0.6 is 12.4 Å². The van der Waals surface area contributed by atoms with Crippen LogP contribution in [0.25, 0.3) is 10.8 Å². The summed E-state index contributed by atoms with van der Waals surface area (Å²) >= 11 is 0. The number of nitrogens with one attached hydrogen (secondary N) is 2. The predicted octanol–water partition coefficient (Wildman–Crippen LogP) is 3.67. The Morgan fingerprint density at radius 3 is 2.37 bits per heavy atom. The molecule has 1 fully saturated rings. The van der Waals surface area contributed by atoms with E-state index in [1.807, 2.05) is 30.3 Å². The summed E-state index contributed by atoms with van der Waals surface area (Å²) in [6.07, 6.45) is 0. The summed E-state index contributed by atoms with van der Waals surface area (Å²) in [5.41, 5.74) is 1.87. The Morgan fingerprint density at radius 2 is 1.67 bits per heavy atom. The third-order valence-corrected chi connectivity index (χ3v) is 6.57. The fraction of sp³-hybridized carbons (Fsp3) is 0.227. The number of hydrogen-bond donors (Lipinski definition) is 2. The number of nitrogens with zero attached hydrogens (tertiary/aromatic N) is 1. The van der Waals surface area contributed by atoms with E-state index < -0.39 is 10.0 Å². The van der Waals surface area contributed by atoms with Crippen molar-refractivity contribution in [3.63, 3.8) is 0 Å². The van der Waals surface area contributed by atoms with Gasteiger partial charge < -0.3 is 10.2 Å². The summed E-state index contributed by atoms with van der Waals surface area (Å²) < 4.78 is 28.9. The molecule has 8 heteroatoms. The smallest absolute Gasteiger partial charge is 0.262 e. The van der Waals surface area contributed by atoms with Gasteiger partial charge in [0.1, 0.15) is 0 Å². The molecule has 1 aliphatic heterocycles. The van der Waals surface area contributed by atoms with Gasteiger partial charge in [-0.25, -0.2) is 8.42 Å². The molecule has 2 N–H and O–H groups in total. The van der Waals surface area contributed by atoms with Crippen molar-refractivity contribution < 1.29 is 13.2 Å². The van der Waals surface area contributed by atoms with E-state index in [4.69, 9.17) is 0 Å². The van der Waals surface area contributed by atoms with Gasteiger partial charge in [-0.1, -0.05) is 36.4 Å². The molecule has 1 saturated heterocycles. The van der Waals surface area contributed by atoms with Crippen LogP contribution in [-0.4, -0.2) is 40.4 Å². The Hall–Kier alpha value is -2.61. The van der Waals surface area contributed by atoms with Gasteiger partial charge in [-0.3, -0.25) is 9.52 Å². The minimum atomic E-state index is -3.82. The van der Waals surface area contributed by atoms with Gasteiger partial charge in [0.15, 0.2) is 5.78 Å². The van der Waals surface area contributed by atoms with E-state index >= 15 is 0 Å². The molecule has 158 valence electrons. The second-order valence-corrected chi connectivity index (χ2v) is 8.76. The summed E-state index contributed by atoms with van der Waals surface area (Å²) in [6, 6.07) is 17.6. The third kappa shape index (κ3) is 4.43. The molecular weight excluding hydrogens is 422 g/mol. The maximum atomic E-state index is 13.2. The van der Waals surface area contributed by atoms with Gasteiger partial charge in [0.25, 0.3) is 10.0 Å². The molecule has 0 atom stereocenters. The minimum absolute atomic E-state index is 0. The van der Waals surface area contributed by atoms with E-state index in [2.05, 4.69) is 14.9 Å². The summed E-state index contributed by atoms with van der Waals surface area (Å²) in [4.78, 5) is 14.1. The van der Waals surface area contributed by atoms with E-state index in [-0.39, 0.29) is 23.1 Å². The lowest BCUT2D eigenvalue weighted by Gasteiger charge is -2.30. The highest BCUT2D eigenvalue weighted by molar-refractivity contribution is 7.93. The zero-order chi connectivity index (χ0) is 20.4. The Kier molecular flexibility index (Phi) is 6.65. The van der Waals surface area contributed by atoms with Crippen molar-refractivity contribution in [2.45, 2.75) is 11.8 Å². The SMILES string of the molecule is CC(=O)c1cccc(NS(=O)(=O)c2ccc(N3CCNCC3)c3ccccc23)c1.Cl. The summed E-state index contributed by atoms with van der Waals surface area (Å²) in [7, 11) is -3.82. The fourth-order valence-electron chi connectivity index (χ4n) is 3.68. The fourth-order valence-corrected chi connectivity index (χ4v) is 4.95. The number of ketones is 1. The van der Waals surface area contributed by atoms with Crippen molar-refractivity contribution in [3.8, 4) is 0 Å². The van der Waals surface area contributed by atoms with Crippen LogP contribution in [0.5, 0.6) is 0 Å². The first-order valence-corrected chi connectivity index (χ1v) is 11.1. The van der Waals surface area contributed by atoms with Crippen LogP contribution in [0.3, 0.4) is 0 Å². The van der Waals surface area contributed by atoms with Crippen molar-refractivity contribution in [1.29, 1.82) is 0 Å². The Balaban J connectivity index is 0.00000256. The molecule has 30 heavy (non-hydrogen) atoms. The van der Waals surface area contributed by atoms with Gasteiger partial charge in [0.2, 0.25) is 0 Å². The number of benzene rings is 3. The highest BCUT2D eigenvalue weighted by Gasteiger charge is 2.21. The summed E-state index contributed by atoms with van der Waals surface area (Å²) in [6.45, 7) is 5.03. The number of piperazine rings is 1. The molecule has 0 unspecified atom stereocenters. The van der Waals surface area contributed by atoms with Crippen LogP contribution < -0.4 is 14.9 Å². The normalized spacial score (nSPS) is 14.2. The van der Waals surface area contributed by atoms with E-state index in [9.17, 15) is 13.2 Å². The topological polar surface area (TPSA) is 78.5 Å². The molecule has 0 aromatic heterocycles. The van der Waals surface area contributed by atoms with Gasteiger partial charge in [0, 0.05) is 53.9 Å². The van der Waals surface area contributed by atoms with E-state index in [0.29, 0.717) is 16.6 Å². The van der Waals surface area contributed by atoms with Gasteiger partial charge in [-0.15, -0.1) is 12.4 Å². The summed E-state index contributed by atoms with van der Waals surface area (Å²) in [5.74, 6) is -0.114. The zero-order valence-corrected chi connectivity index (χ0v) is 18.2. The standard InChI is InChI=1S/C22H23N3O3S.ClH/c1-16(26)17-5-4-6-18(15-17)24-29(27,28)22-10-9-21(25-13-11-23-12-14-25)19-7-2-3-8-20(19)22;/h2-10,15,23-24H,11-14H2,1H3;1H. The number of halogens is 1. The van der Waals surface area contributed by atoms with Gasteiger partial charge in [-0.2, -0.15) is 0 Å². The number of Topliss-reactive ketones (excluding diaryl/α,β-unsaturated/α-hetero) is 1. The Bertz CT molecular complexity index is 1180. The number of anilines is 2. The second kappa shape index (κ2) is 9.04. The van der Waals surface area contributed by atoms with Crippen molar-refractivity contribution in [1.82, 2.24) is 5.32 Å². The molecule has 1 heterocycles. The van der Waals surface area contributed by atoms with Crippen LogP contribution in [-0.2, 0) is 10.0 Å². The second-order valence-electron chi connectivity index (χ2n) is 7.11. The molecule has 3 aromatic carbocycles. The number of sulfonamides is 1. The first kappa shape index (κ1) is 22.1. The van der Waals surface area contributed by atoms with Gasteiger partial charge in [0.05, 0.1) is 4.90 Å². The lowest BCUT2D eigenvalue weighted by atomic mass is 10.1. The molecule has 6 nitrogen and oxygen atoms in total. The maximum absolute atomic E-state index is 13.2. The molecule has 4 rings (SSSR count). The van der Waals surface area contributed by atoms with Crippen LogP contribution in [0.2, 0.25) is 0 Å². The van der Waals surface area contributed by atoms with E-state index in [1.54, 1.807) is 30.3 Å². The number of hydrogen-bond acceptors (Lipinski definition) is 5. The largest absolute Gasteiger partial charge is 0.368 e. The monoisotopic (exact) mass is 445 g/mol. The third-order valence-electron chi connectivity index (χ3n) is 5.13. The Labute approximate surface area is 182 Å². The van der Waals surface area contributed by atoms with Gasteiger partial charge >= 0.3 is 0 Å². The quantitative estimate of drug-likeness (QED) is 0.586. The van der Waals surface area contributed by atoms with Crippen LogP contribution in [0.1, 0.15) is 17.3 Å². The Morgan fingerprint density at radius 1 is 0.967 bits per heavy atom. The molecule has 0 saturated carbocycles. The molecule has 0 radical (unpaired) electrons. The van der Waals surface area contributed by atoms with Crippen LogP contribution in [0.4, 0.5) is 11.4 Å². The predicted molar refractivity (Wildman–Crippen MR) is 124 cm³/mol. The number of carbonyl (C=O) groups is 1. The highest BCUT2D eigenvalue weighted by atomic mass is 35.5. The number of carbonyl (C=O) groups excluding carboxylic acids is 1. The van der Waals surface area contributed by atoms with Crippen LogP contribution in [0.15, 0.2) is 65.6 Å². The molecular formula is C22H24ClN3O3S. The first-order valence-electron chi connectivity index (χ1n) is 9.57. The molecule has 0 spiro atoms. The molecule has 0 bridgehead atoms. The minimum Gasteiger partial charge on any atom is -0.368 e. The number of fused-ring (bicyclic) bond motifs is 1. The molecule has 1 aliphatic rings. The average Bonchev–Trinajstić information content (AvgIpc) is 2.73. The number of rotatable bonds is 5. The lowest BCUT2D eigenvalue weighted by molar-refractivity contribution is 0.101. The van der Waals surface area contributed by atoms with Crippen molar-refractivity contribution in [3.05, 3.63) is 66.2 Å². The van der Waals surface area contributed by atoms with E-state index in [0.717, 1.165) is 37.3 Å². The first-order chi connectivity index (χ1) is 14.0.